The third kappa shape index (κ3) is 3.62. The molecule has 0 bridgehead atoms. The number of non-ortho nitro benzene ring substituents is 1. The molecular formula is C9H8ClN3O7. The van der Waals surface area contributed by atoms with E-state index in [1.807, 2.05) is 5.32 Å². The molecule has 0 radical (unpaired) electrons. The first-order chi connectivity index (χ1) is 8.73. The van der Waals surface area contributed by atoms with Crippen molar-refractivity contribution in [2.75, 3.05) is 5.32 Å². The Hall–Kier alpha value is -2.75. The zero-order chi connectivity index (χ0) is 14.7. The van der Waals surface area contributed by atoms with Gasteiger partial charge in [-0.15, -0.1) is 12.4 Å². The summed E-state index contributed by atoms with van der Waals surface area (Å²) in [6.45, 7) is 1.02. The van der Waals surface area contributed by atoms with Gasteiger partial charge in [-0.05, 0) is 0 Å². The number of carbonyl (C=O) groups is 2. The van der Waals surface area contributed by atoms with Crippen molar-refractivity contribution >= 4 is 41.3 Å². The molecule has 20 heavy (non-hydrogen) atoms. The summed E-state index contributed by atoms with van der Waals surface area (Å²) in [6.07, 6.45) is 0. The predicted molar refractivity (Wildman–Crippen MR) is 68.3 cm³/mol. The number of benzene rings is 1. The molecule has 0 atom stereocenters. The van der Waals surface area contributed by atoms with E-state index in [1.54, 1.807) is 0 Å². The molecule has 0 aromatic heterocycles. The molecule has 11 heteroatoms. The van der Waals surface area contributed by atoms with E-state index in [4.69, 9.17) is 5.11 Å². The van der Waals surface area contributed by atoms with Crippen LogP contribution in [0.5, 0.6) is 0 Å². The van der Waals surface area contributed by atoms with Crippen molar-refractivity contribution in [2.45, 2.75) is 6.92 Å². The van der Waals surface area contributed by atoms with Crippen LogP contribution in [0.1, 0.15) is 17.3 Å². The summed E-state index contributed by atoms with van der Waals surface area (Å²) < 4.78 is 0. The number of nitro groups is 2. The van der Waals surface area contributed by atoms with Gasteiger partial charge < -0.3 is 10.4 Å². The molecule has 0 saturated heterocycles. The van der Waals surface area contributed by atoms with Crippen molar-refractivity contribution in [3.8, 4) is 0 Å². The molecule has 1 rings (SSSR count). The normalized spacial score (nSPS) is 9.25. The molecule has 0 aliphatic carbocycles. The molecule has 0 fully saturated rings. The fourth-order valence-electron chi connectivity index (χ4n) is 1.34. The highest BCUT2D eigenvalue weighted by Gasteiger charge is 2.27. The Morgan fingerprint density at radius 1 is 1.20 bits per heavy atom. The molecule has 0 saturated carbocycles. The first-order valence-electron chi connectivity index (χ1n) is 4.71. The minimum atomic E-state index is -1.63. The van der Waals surface area contributed by atoms with E-state index in [1.165, 1.54) is 0 Å². The molecule has 10 nitrogen and oxygen atoms in total. The van der Waals surface area contributed by atoms with Crippen LogP contribution in [0.3, 0.4) is 0 Å². The molecule has 108 valence electrons. The lowest BCUT2D eigenvalue weighted by molar-refractivity contribution is -0.393. The third-order valence-corrected chi connectivity index (χ3v) is 2.04. The number of nitrogens with one attached hydrogen (secondary N) is 1. The molecular weight excluding hydrogens is 298 g/mol. The summed E-state index contributed by atoms with van der Waals surface area (Å²) in [5.74, 6) is -2.37. The molecule has 0 spiro atoms. The average Bonchev–Trinajstić information content (AvgIpc) is 2.27. The van der Waals surface area contributed by atoms with E-state index in [9.17, 15) is 29.8 Å². The van der Waals surface area contributed by atoms with Crippen LogP contribution in [0.2, 0.25) is 0 Å². The van der Waals surface area contributed by atoms with Crippen LogP contribution in [-0.4, -0.2) is 26.8 Å². The second-order valence-corrected chi connectivity index (χ2v) is 3.39. The Kier molecular flexibility index (Phi) is 5.54. The topological polar surface area (TPSA) is 153 Å². The summed E-state index contributed by atoms with van der Waals surface area (Å²) in [6, 6.07) is 1.22. The van der Waals surface area contributed by atoms with Crippen molar-refractivity contribution in [3.63, 3.8) is 0 Å². The van der Waals surface area contributed by atoms with Crippen LogP contribution >= 0.6 is 12.4 Å². The van der Waals surface area contributed by atoms with Crippen molar-refractivity contribution in [1.82, 2.24) is 0 Å². The predicted octanol–water partition coefficient (Wildman–Crippen LogP) is 1.58. The lowest BCUT2D eigenvalue weighted by atomic mass is 10.1. The minimum absolute atomic E-state index is 0. The largest absolute Gasteiger partial charge is 0.478 e. The fourth-order valence-corrected chi connectivity index (χ4v) is 1.34. The van der Waals surface area contributed by atoms with Gasteiger partial charge in [0.15, 0.2) is 0 Å². The standard InChI is InChI=1S/C9H7N3O7.ClH/c1-4(13)10-8-6(9(14)15)2-5(11(16)17)3-7(8)12(18)19;/h2-3H,1H3,(H,10,13)(H,14,15);1H. The number of halogens is 1. The molecule has 0 aliphatic heterocycles. The molecule has 0 aliphatic rings. The Balaban J connectivity index is 0.00000361. The van der Waals surface area contributed by atoms with Crippen LogP contribution in [0.15, 0.2) is 12.1 Å². The van der Waals surface area contributed by atoms with Crippen LogP contribution in [0, 0.1) is 20.2 Å². The minimum Gasteiger partial charge on any atom is -0.478 e. The van der Waals surface area contributed by atoms with Crippen LogP contribution < -0.4 is 5.32 Å². The monoisotopic (exact) mass is 305 g/mol. The first kappa shape index (κ1) is 17.2. The van der Waals surface area contributed by atoms with E-state index in [0.29, 0.717) is 12.1 Å². The number of nitrogens with zero attached hydrogens (tertiary/aromatic N) is 2. The summed E-state index contributed by atoms with van der Waals surface area (Å²) in [7, 11) is 0. The number of anilines is 1. The van der Waals surface area contributed by atoms with E-state index in [-0.39, 0.29) is 12.4 Å². The lowest BCUT2D eigenvalue weighted by Crippen LogP contribution is -2.13. The van der Waals surface area contributed by atoms with E-state index >= 15 is 0 Å². The van der Waals surface area contributed by atoms with Gasteiger partial charge in [0, 0.05) is 13.0 Å². The van der Waals surface area contributed by atoms with Gasteiger partial charge in [-0.2, -0.15) is 0 Å². The average molecular weight is 306 g/mol. The summed E-state index contributed by atoms with van der Waals surface area (Å²) in [5.41, 5.74) is -2.92. The second-order valence-electron chi connectivity index (χ2n) is 3.39. The lowest BCUT2D eigenvalue weighted by Gasteiger charge is -2.07. The highest BCUT2D eigenvalue weighted by molar-refractivity contribution is 6.03. The third-order valence-electron chi connectivity index (χ3n) is 2.04. The number of aromatic carboxylic acids is 1. The zero-order valence-electron chi connectivity index (χ0n) is 9.85. The van der Waals surface area contributed by atoms with Gasteiger partial charge in [0.05, 0.1) is 21.5 Å². The fraction of sp³-hybridized carbons (Fsp3) is 0.111. The number of carboxylic acids is 1. The van der Waals surface area contributed by atoms with Crippen LogP contribution in [0.4, 0.5) is 17.1 Å². The molecule has 0 unspecified atom stereocenters. The molecule has 1 amide bonds. The number of rotatable bonds is 4. The van der Waals surface area contributed by atoms with Gasteiger partial charge in [-0.25, -0.2) is 4.79 Å². The van der Waals surface area contributed by atoms with Crippen LogP contribution in [-0.2, 0) is 4.79 Å². The summed E-state index contributed by atoms with van der Waals surface area (Å²) in [5, 5.41) is 32.3. The summed E-state index contributed by atoms with van der Waals surface area (Å²) >= 11 is 0. The quantitative estimate of drug-likeness (QED) is 0.632. The molecule has 1 aromatic carbocycles. The summed E-state index contributed by atoms with van der Waals surface area (Å²) in [4.78, 5) is 41.3. The number of carbonyl (C=O) groups excluding carboxylic acids is 1. The number of hydrogen-bond acceptors (Lipinski definition) is 6. The maximum Gasteiger partial charge on any atom is 0.338 e. The molecule has 0 heterocycles. The maximum atomic E-state index is 11.0. The number of hydrogen-bond donors (Lipinski definition) is 2. The van der Waals surface area contributed by atoms with Crippen molar-refractivity contribution in [3.05, 3.63) is 37.9 Å². The van der Waals surface area contributed by atoms with Crippen molar-refractivity contribution in [2.24, 2.45) is 0 Å². The van der Waals surface area contributed by atoms with Crippen LogP contribution in [0.25, 0.3) is 0 Å². The number of carboxylic acid groups (broad SMARTS) is 1. The smallest absolute Gasteiger partial charge is 0.338 e. The van der Waals surface area contributed by atoms with Gasteiger partial charge in [0.25, 0.3) is 5.69 Å². The molecule has 1 aromatic rings. The van der Waals surface area contributed by atoms with Gasteiger partial charge in [0.2, 0.25) is 5.91 Å². The first-order valence-corrected chi connectivity index (χ1v) is 4.71. The Bertz CT molecular complexity index is 566. The second kappa shape index (κ2) is 6.43. The maximum absolute atomic E-state index is 11.0. The van der Waals surface area contributed by atoms with E-state index in [0.717, 1.165) is 6.92 Å². The Labute approximate surface area is 117 Å². The van der Waals surface area contributed by atoms with Gasteiger partial charge in [-0.3, -0.25) is 25.0 Å². The van der Waals surface area contributed by atoms with Crippen molar-refractivity contribution in [1.29, 1.82) is 0 Å². The van der Waals surface area contributed by atoms with E-state index < -0.39 is 44.3 Å². The molecule has 2 N–H and O–H groups in total. The van der Waals surface area contributed by atoms with Gasteiger partial charge in [0.1, 0.15) is 5.69 Å². The number of nitro benzene ring substituents is 2. The Morgan fingerprint density at radius 3 is 2.10 bits per heavy atom. The SMILES string of the molecule is CC(=O)Nc1c(C(=O)O)cc([N+](=O)[O-])cc1[N+](=O)[O-].Cl. The van der Waals surface area contributed by atoms with Gasteiger partial charge in [-0.1, -0.05) is 0 Å². The van der Waals surface area contributed by atoms with E-state index in [2.05, 4.69) is 0 Å². The zero-order valence-corrected chi connectivity index (χ0v) is 10.7. The number of amides is 1. The highest BCUT2D eigenvalue weighted by atomic mass is 35.5. The van der Waals surface area contributed by atoms with Gasteiger partial charge >= 0.3 is 11.7 Å². The highest BCUT2D eigenvalue weighted by Crippen LogP contribution is 2.33. The Morgan fingerprint density at radius 2 is 1.75 bits per heavy atom. The van der Waals surface area contributed by atoms with Crippen molar-refractivity contribution < 1.29 is 24.5 Å².